The minimum Gasteiger partial charge on any atom is -0.481 e. The van der Waals surface area contributed by atoms with Crippen molar-refractivity contribution in [2.45, 2.75) is 13.0 Å². The van der Waals surface area contributed by atoms with Crippen LogP contribution in [0.3, 0.4) is 0 Å². The van der Waals surface area contributed by atoms with Gasteiger partial charge < -0.3 is 15.0 Å². The van der Waals surface area contributed by atoms with Crippen LogP contribution in [-0.4, -0.2) is 41.0 Å². The Balaban J connectivity index is 1.57. The lowest BCUT2D eigenvalue weighted by atomic mass is 10.1. The van der Waals surface area contributed by atoms with Crippen LogP contribution in [0.5, 0.6) is 5.88 Å². The number of hydrogen-bond acceptors (Lipinski definition) is 6. The zero-order chi connectivity index (χ0) is 14.7. The molecule has 0 spiro atoms. The van der Waals surface area contributed by atoms with Crippen LogP contribution in [0.25, 0.3) is 0 Å². The topological polar surface area (TPSA) is 67.3 Å². The van der Waals surface area contributed by atoms with Gasteiger partial charge in [-0.05, 0) is 23.4 Å². The molecule has 2 aromatic rings. The smallest absolute Gasteiger partial charge is 0.242 e. The number of carbonyl (C=O) groups excluding carboxylic acids is 1. The van der Waals surface area contributed by atoms with Crippen LogP contribution in [-0.2, 0) is 17.8 Å². The maximum absolute atomic E-state index is 12.2. The van der Waals surface area contributed by atoms with Crippen LogP contribution in [0, 0.1) is 0 Å². The Kier molecular flexibility index (Phi) is 4.01. The molecule has 110 valence electrons. The SMILES string of the molecule is COc1ccnc(NCC(=O)N2CCc3sccc3C2)n1. The van der Waals surface area contributed by atoms with Crippen LogP contribution < -0.4 is 10.1 Å². The van der Waals surface area contributed by atoms with Crippen molar-refractivity contribution >= 4 is 23.2 Å². The lowest BCUT2D eigenvalue weighted by molar-refractivity contribution is -0.130. The molecule has 0 atom stereocenters. The molecule has 1 amide bonds. The van der Waals surface area contributed by atoms with Gasteiger partial charge in [0.05, 0.1) is 13.7 Å². The number of methoxy groups -OCH3 is 1. The molecular formula is C14H16N4O2S. The predicted molar refractivity (Wildman–Crippen MR) is 80.5 cm³/mol. The summed E-state index contributed by atoms with van der Waals surface area (Å²) in [5, 5.41) is 5.03. The second-order valence-corrected chi connectivity index (χ2v) is 5.71. The molecule has 3 heterocycles. The van der Waals surface area contributed by atoms with E-state index in [1.165, 1.54) is 10.4 Å². The quantitative estimate of drug-likeness (QED) is 0.928. The molecular weight excluding hydrogens is 288 g/mol. The van der Waals surface area contributed by atoms with Crippen molar-refractivity contribution in [3.8, 4) is 5.88 Å². The lowest BCUT2D eigenvalue weighted by Gasteiger charge is -2.27. The van der Waals surface area contributed by atoms with Crippen molar-refractivity contribution < 1.29 is 9.53 Å². The highest BCUT2D eigenvalue weighted by molar-refractivity contribution is 7.10. The molecule has 0 radical (unpaired) electrons. The largest absolute Gasteiger partial charge is 0.481 e. The fraction of sp³-hybridized carbons (Fsp3) is 0.357. The van der Waals surface area contributed by atoms with Crippen molar-refractivity contribution in [3.63, 3.8) is 0 Å². The fourth-order valence-electron chi connectivity index (χ4n) is 2.27. The van der Waals surface area contributed by atoms with E-state index in [2.05, 4.69) is 26.7 Å². The van der Waals surface area contributed by atoms with Crippen molar-refractivity contribution in [2.24, 2.45) is 0 Å². The first-order valence-electron chi connectivity index (χ1n) is 6.70. The lowest BCUT2D eigenvalue weighted by Crippen LogP contribution is -2.39. The second-order valence-electron chi connectivity index (χ2n) is 4.71. The van der Waals surface area contributed by atoms with Gasteiger partial charge in [0.1, 0.15) is 0 Å². The van der Waals surface area contributed by atoms with Crippen molar-refractivity contribution in [2.75, 3.05) is 25.5 Å². The molecule has 6 nitrogen and oxygen atoms in total. The summed E-state index contributed by atoms with van der Waals surface area (Å²) in [6, 6.07) is 3.76. The number of fused-ring (bicyclic) bond motifs is 1. The number of aromatic nitrogens is 2. The Hall–Kier alpha value is -2.15. The van der Waals surface area contributed by atoms with Crippen LogP contribution in [0.4, 0.5) is 5.95 Å². The van der Waals surface area contributed by atoms with E-state index in [4.69, 9.17) is 4.74 Å². The van der Waals surface area contributed by atoms with E-state index in [9.17, 15) is 4.79 Å². The average Bonchev–Trinajstić information content (AvgIpc) is 3.00. The molecule has 21 heavy (non-hydrogen) atoms. The van der Waals surface area contributed by atoms with Gasteiger partial charge in [0.25, 0.3) is 0 Å². The average molecular weight is 304 g/mol. The van der Waals surface area contributed by atoms with Crippen LogP contribution >= 0.6 is 11.3 Å². The Labute approximate surface area is 126 Å². The molecule has 0 aliphatic carbocycles. The molecule has 1 aliphatic rings. The molecule has 0 fully saturated rings. The van der Waals surface area contributed by atoms with Gasteiger partial charge in [0.2, 0.25) is 17.7 Å². The molecule has 0 saturated carbocycles. The van der Waals surface area contributed by atoms with E-state index in [0.717, 1.165) is 13.0 Å². The number of anilines is 1. The van der Waals surface area contributed by atoms with Gasteiger partial charge in [-0.1, -0.05) is 0 Å². The van der Waals surface area contributed by atoms with E-state index in [-0.39, 0.29) is 12.5 Å². The summed E-state index contributed by atoms with van der Waals surface area (Å²) in [5.41, 5.74) is 1.26. The van der Waals surface area contributed by atoms with Gasteiger partial charge in [0.15, 0.2) is 0 Å². The monoisotopic (exact) mass is 304 g/mol. The van der Waals surface area contributed by atoms with Crippen LogP contribution in [0.15, 0.2) is 23.7 Å². The summed E-state index contributed by atoms with van der Waals surface area (Å²) < 4.78 is 5.02. The third-order valence-electron chi connectivity index (χ3n) is 3.40. The third-order valence-corrected chi connectivity index (χ3v) is 4.42. The van der Waals surface area contributed by atoms with E-state index in [1.54, 1.807) is 30.7 Å². The summed E-state index contributed by atoms with van der Waals surface area (Å²) in [4.78, 5) is 23.7. The van der Waals surface area contributed by atoms with Gasteiger partial charge in [-0.2, -0.15) is 4.98 Å². The van der Waals surface area contributed by atoms with E-state index in [1.807, 2.05) is 4.90 Å². The first-order chi connectivity index (χ1) is 10.3. The van der Waals surface area contributed by atoms with E-state index < -0.39 is 0 Å². The number of carbonyl (C=O) groups is 1. The zero-order valence-corrected chi connectivity index (χ0v) is 12.5. The molecule has 1 aliphatic heterocycles. The molecule has 0 unspecified atom stereocenters. The maximum Gasteiger partial charge on any atom is 0.242 e. The third kappa shape index (κ3) is 3.13. The second kappa shape index (κ2) is 6.09. The molecule has 0 aromatic carbocycles. The standard InChI is InChI=1S/C14H16N4O2S/c1-20-12-2-5-15-14(17-12)16-8-13(19)18-6-3-11-10(9-18)4-7-21-11/h2,4-5,7H,3,6,8-9H2,1H3,(H,15,16,17). The fourth-order valence-corrected chi connectivity index (χ4v) is 3.16. The Morgan fingerprint density at radius 3 is 3.29 bits per heavy atom. The van der Waals surface area contributed by atoms with Crippen molar-refractivity contribution in [3.05, 3.63) is 34.2 Å². The number of rotatable bonds is 4. The molecule has 7 heteroatoms. The Morgan fingerprint density at radius 2 is 2.43 bits per heavy atom. The highest BCUT2D eigenvalue weighted by Crippen LogP contribution is 2.23. The summed E-state index contributed by atoms with van der Waals surface area (Å²) in [6.45, 7) is 1.65. The summed E-state index contributed by atoms with van der Waals surface area (Å²) in [6.07, 6.45) is 2.53. The number of ether oxygens (including phenoxy) is 1. The summed E-state index contributed by atoms with van der Waals surface area (Å²) >= 11 is 1.77. The van der Waals surface area contributed by atoms with E-state index >= 15 is 0 Å². The number of hydrogen-bond donors (Lipinski definition) is 1. The van der Waals surface area contributed by atoms with E-state index in [0.29, 0.717) is 18.4 Å². The van der Waals surface area contributed by atoms with Gasteiger partial charge in [-0.25, -0.2) is 4.98 Å². The van der Waals surface area contributed by atoms with Crippen molar-refractivity contribution in [1.29, 1.82) is 0 Å². The van der Waals surface area contributed by atoms with Gasteiger partial charge in [-0.15, -0.1) is 11.3 Å². The normalized spacial score (nSPS) is 13.7. The number of thiophene rings is 1. The van der Waals surface area contributed by atoms with Gasteiger partial charge in [0, 0.05) is 30.2 Å². The molecule has 3 rings (SSSR count). The van der Waals surface area contributed by atoms with Crippen LogP contribution in [0.2, 0.25) is 0 Å². The highest BCUT2D eigenvalue weighted by Gasteiger charge is 2.21. The first kappa shape index (κ1) is 13.8. The Morgan fingerprint density at radius 1 is 1.52 bits per heavy atom. The number of nitrogens with one attached hydrogen (secondary N) is 1. The summed E-state index contributed by atoms with van der Waals surface area (Å²) in [7, 11) is 1.55. The van der Waals surface area contributed by atoms with Crippen molar-refractivity contribution in [1.82, 2.24) is 14.9 Å². The van der Waals surface area contributed by atoms with Gasteiger partial charge in [-0.3, -0.25) is 4.79 Å². The first-order valence-corrected chi connectivity index (χ1v) is 7.58. The molecule has 1 N–H and O–H groups in total. The maximum atomic E-state index is 12.2. The minimum absolute atomic E-state index is 0.0540. The number of amides is 1. The highest BCUT2D eigenvalue weighted by atomic mass is 32.1. The van der Waals surface area contributed by atoms with Crippen LogP contribution in [0.1, 0.15) is 10.4 Å². The minimum atomic E-state index is 0.0540. The molecule has 0 saturated heterocycles. The summed E-state index contributed by atoms with van der Waals surface area (Å²) in [5.74, 6) is 0.926. The number of nitrogens with zero attached hydrogens (tertiary/aromatic N) is 3. The predicted octanol–water partition coefficient (Wildman–Crippen LogP) is 1.54. The Bertz CT molecular complexity index is 643. The molecule has 2 aromatic heterocycles. The van der Waals surface area contributed by atoms with Gasteiger partial charge >= 0.3 is 0 Å². The zero-order valence-electron chi connectivity index (χ0n) is 11.7. The molecule has 0 bridgehead atoms.